The van der Waals surface area contributed by atoms with Gasteiger partial charge in [-0.3, -0.25) is 9.69 Å². The molecule has 2 rings (SSSR count). The van der Waals surface area contributed by atoms with Crippen molar-refractivity contribution in [1.29, 1.82) is 0 Å². The van der Waals surface area contributed by atoms with Gasteiger partial charge >= 0.3 is 6.61 Å². The maximum Gasteiger partial charge on any atom is 0.387 e. The van der Waals surface area contributed by atoms with Crippen LogP contribution in [0.4, 0.5) is 14.5 Å². The highest BCUT2D eigenvalue weighted by Gasteiger charge is 2.19. The van der Waals surface area contributed by atoms with E-state index in [2.05, 4.69) is 10.1 Å². The van der Waals surface area contributed by atoms with E-state index in [-0.39, 0.29) is 17.7 Å². The summed E-state index contributed by atoms with van der Waals surface area (Å²) in [6, 6.07) is 13.7. The minimum Gasteiger partial charge on any atom is -0.435 e. The molecule has 26 heavy (non-hydrogen) atoms. The first-order chi connectivity index (χ1) is 12.4. The topological polar surface area (TPSA) is 41.6 Å². The number of hydrogen-bond donors (Lipinski definition) is 1. The van der Waals surface area contributed by atoms with E-state index in [0.717, 1.165) is 16.1 Å². The Labute approximate surface area is 156 Å². The number of amides is 1. The van der Waals surface area contributed by atoms with Crippen LogP contribution in [-0.4, -0.2) is 36.8 Å². The summed E-state index contributed by atoms with van der Waals surface area (Å²) in [5.41, 5.74) is 1.69. The number of rotatable bonds is 8. The maximum absolute atomic E-state index is 12.5. The number of carbonyl (C=O) groups excluding carboxylic acids is 1. The van der Waals surface area contributed by atoms with E-state index < -0.39 is 6.61 Å². The van der Waals surface area contributed by atoms with Crippen molar-refractivity contribution in [1.82, 2.24) is 4.90 Å². The summed E-state index contributed by atoms with van der Waals surface area (Å²) in [6.45, 7) is -0.504. The molecule has 1 amide bonds. The number of anilines is 1. The van der Waals surface area contributed by atoms with E-state index in [4.69, 9.17) is 0 Å². The molecule has 0 radical (unpaired) electrons. The second kappa shape index (κ2) is 9.54. The highest BCUT2D eigenvalue weighted by atomic mass is 32.2. The SMILES string of the molecule is CSc1ccccc1NC(=O)C(C)N(C)Cc1ccc(OC(F)F)cc1. The van der Waals surface area contributed by atoms with Crippen molar-refractivity contribution in [3.05, 3.63) is 54.1 Å². The molecule has 0 aromatic heterocycles. The van der Waals surface area contributed by atoms with Gasteiger partial charge in [0.05, 0.1) is 11.7 Å². The van der Waals surface area contributed by atoms with Crippen molar-refractivity contribution in [2.75, 3.05) is 18.6 Å². The van der Waals surface area contributed by atoms with Crippen molar-refractivity contribution in [3.8, 4) is 5.75 Å². The third-order valence-electron chi connectivity index (χ3n) is 3.99. The molecule has 2 aromatic rings. The number of ether oxygens (including phenoxy) is 1. The van der Waals surface area contributed by atoms with Crippen molar-refractivity contribution in [3.63, 3.8) is 0 Å². The Bertz CT molecular complexity index is 726. The molecule has 7 heteroatoms. The summed E-state index contributed by atoms with van der Waals surface area (Å²) >= 11 is 1.57. The predicted octanol–water partition coefficient (Wildman–Crippen LogP) is 4.47. The molecule has 1 atom stereocenters. The zero-order valence-electron chi connectivity index (χ0n) is 14.9. The van der Waals surface area contributed by atoms with Gasteiger partial charge in [0.2, 0.25) is 5.91 Å². The normalized spacial score (nSPS) is 12.3. The van der Waals surface area contributed by atoms with Crippen molar-refractivity contribution in [2.24, 2.45) is 0 Å². The van der Waals surface area contributed by atoms with Gasteiger partial charge in [-0.15, -0.1) is 11.8 Å². The molecule has 140 valence electrons. The molecule has 0 heterocycles. The molecule has 0 aliphatic carbocycles. The Hall–Kier alpha value is -2.12. The van der Waals surface area contributed by atoms with Gasteiger partial charge in [-0.25, -0.2) is 0 Å². The van der Waals surface area contributed by atoms with Crippen LogP contribution in [-0.2, 0) is 11.3 Å². The third kappa shape index (κ3) is 5.71. The molecule has 1 N–H and O–H groups in total. The number of halogens is 2. The number of carbonyl (C=O) groups is 1. The lowest BCUT2D eigenvalue weighted by molar-refractivity contribution is -0.120. The minimum atomic E-state index is -2.84. The smallest absolute Gasteiger partial charge is 0.387 e. The number of para-hydroxylation sites is 1. The average Bonchev–Trinajstić information content (AvgIpc) is 2.62. The summed E-state index contributed by atoms with van der Waals surface area (Å²) in [4.78, 5) is 15.4. The fraction of sp³-hybridized carbons (Fsp3) is 0.316. The van der Waals surface area contributed by atoms with Gasteiger partial charge in [-0.1, -0.05) is 24.3 Å². The van der Waals surface area contributed by atoms with E-state index in [1.807, 2.05) is 49.4 Å². The molecule has 0 spiro atoms. The van der Waals surface area contributed by atoms with Crippen molar-refractivity contribution < 1.29 is 18.3 Å². The molecule has 1 unspecified atom stereocenters. The summed E-state index contributed by atoms with van der Waals surface area (Å²) in [5.74, 6) is 0.0116. The molecule has 0 saturated carbocycles. The molecule has 0 bridgehead atoms. The van der Waals surface area contributed by atoms with Crippen LogP contribution in [0, 0.1) is 0 Å². The first kappa shape index (κ1) is 20.2. The van der Waals surface area contributed by atoms with E-state index in [0.29, 0.717) is 6.54 Å². The van der Waals surface area contributed by atoms with Crippen LogP contribution in [0.2, 0.25) is 0 Å². The third-order valence-corrected chi connectivity index (χ3v) is 4.78. The average molecular weight is 380 g/mol. The Morgan fingerprint density at radius 1 is 1.19 bits per heavy atom. The quantitative estimate of drug-likeness (QED) is 0.686. The van der Waals surface area contributed by atoms with Crippen molar-refractivity contribution >= 4 is 23.4 Å². The van der Waals surface area contributed by atoms with Gasteiger partial charge in [0, 0.05) is 11.4 Å². The summed E-state index contributed by atoms with van der Waals surface area (Å²) < 4.78 is 28.7. The lowest BCUT2D eigenvalue weighted by atomic mass is 10.1. The zero-order valence-corrected chi connectivity index (χ0v) is 15.7. The molecule has 0 fully saturated rings. The highest BCUT2D eigenvalue weighted by Crippen LogP contribution is 2.25. The van der Waals surface area contributed by atoms with Gasteiger partial charge in [0.15, 0.2) is 0 Å². The Morgan fingerprint density at radius 3 is 2.46 bits per heavy atom. The number of likely N-dealkylation sites (N-methyl/N-ethyl adjacent to an activating group) is 1. The van der Waals surface area contributed by atoms with Crippen LogP contribution in [0.5, 0.6) is 5.75 Å². The molecule has 2 aromatic carbocycles. The fourth-order valence-corrected chi connectivity index (χ4v) is 2.94. The van der Waals surface area contributed by atoms with E-state index in [9.17, 15) is 13.6 Å². The Balaban J connectivity index is 1.95. The van der Waals surface area contributed by atoms with Crippen LogP contribution in [0.25, 0.3) is 0 Å². The lowest BCUT2D eigenvalue weighted by Gasteiger charge is -2.24. The van der Waals surface area contributed by atoms with E-state index in [1.54, 1.807) is 23.9 Å². The predicted molar refractivity (Wildman–Crippen MR) is 101 cm³/mol. The molecule has 0 aliphatic heterocycles. The van der Waals surface area contributed by atoms with Crippen molar-refractivity contribution in [2.45, 2.75) is 31.0 Å². The number of benzene rings is 2. The standard InChI is InChI=1S/C19H22F2N2O2S/c1-13(18(24)22-16-6-4-5-7-17(16)26-3)23(2)12-14-8-10-15(11-9-14)25-19(20)21/h4-11,13,19H,12H2,1-3H3,(H,22,24). The molecule has 0 aliphatic rings. The molecular formula is C19H22F2N2O2S. The molecular weight excluding hydrogens is 358 g/mol. The maximum atomic E-state index is 12.5. The lowest BCUT2D eigenvalue weighted by Crippen LogP contribution is -2.39. The van der Waals surface area contributed by atoms with Gasteiger partial charge in [-0.2, -0.15) is 8.78 Å². The zero-order chi connectivity index (χ0) is 19.1. The van der Waals surface area contributed by atoms with Crippen LogP contribution >= 0.6 is 11.8 Å². The number of alkyl halides is 2. The second-order valence-electron chi connectivity index (χ2n) is 5.80. The highest BCUT2D eigenvalue weighted by molar-refractivity contribution is 7.98. The largest absolute Gasteiger partial charge is 0.435 e. The van der Waals surface area contributed by atoms with Gasteiger partial charge < -0.3 is 10.1 Å². The Morgan fingerprint density at radius 2 is 1.85 bits per heavy atom. The molecule has 0 saturated heterocycles. The summed E-state index contributed by atoms with van der Waals surface area (Å²) in [7, 11) is 1.84. The number of nitrogens with one attached hydrogen (secondary N) is 1. The molecule has 4 nitrogen and oxygen atoms in total. The minimum absolute atomic E-state index is 0.105. The number of thioether (sulfide) groups is 1. The van der Waals surface area contributed by atoms with E-state index >= 15 is 0 Å². The van der Waals surface area contributed by atoms with E-state index in [1.165, 1.54) is 12.1 Å². The fourth-order valence-electron chi connectivity index (χ4n) is 2.39. The first-order valence-corrected chi connectivity index (χ1v) is 9.31. The number of hydrogen-bond acceptors (Lipinski definition) is 4. The van der Waals surface area contributed by atoms with Gasteiger partial charge in [0.25, 0.3) is 0 Å². The van der Waals surface area contributed by atoms with Crippen LogP contribution < -0.4 is 10.1 Å². The first-order valence-electron chi connectivity index (χ1n) is 8.08. The van der Waals surface area contributed by atoms with Gasteiger partial charge in [-0.05, 0) is 50.1 Å². The number of nitrogens with zero attached hydrogens (tertiary/aromatic N) is 1. The second-order valence-corrected chi connectivity index (χ2v) is 6.65. The Kier molecular flexibility index (Phi) is 7.41. The van der Waals surface area contributed by atoms with Gasteiger partial charge in [0.1, 0.15) is 5.75 Å². The summed E-state index contributed by atoms with van der Waals surface area (Å²) in [6.07, 6.45) is 1.96. The van der Waals surface area contributed by atoms with Crippen LogP contribution in [0.3, 0.4) is 0 Å². The van der Waals surface area contributed by atoms with Crippen LogP contribution in [0.1, 0.15) is 12.5 Å². The summed E-state index contributed by atoms with van der Waals surface area (Å²) in [5, 5.41) is 2.95. The van der Waals surface area contributed by atoms with Crippen LogP contribution in [0.15, 0.2) is 53.4 Å². The monoisotopic (exact) mass is 380 g/mol.